The number of likely N-dealkylation sites (N-methyl/N-ethyl adjacent to an activating group) is 2. The zero-order chi connectivity index (χ0) is 13.0. The summed E-state index contributed by atoms with van der Waals surface area (Å²) in [6.07, 6.45) is 5.36. The SMILES string of the molecule is CN1CCCC(N(C)CCc2ccc(N)cn2)C1. The van der Waals surface area contributed by atoms with E-state index in [1.54, 1.807) is 6.20 Å². The van der Waals surface area contributed by atoms with Crippen LogP contribution in [0, 0.1) is 0 Å². The predicted molar refractivity (Wildman–Crippen MR) is 75.5 cm³/mol. The highest BCUT2D eigenvalue weighted by Gasteiger charge is 2.20. The Bertz CT molecular complexity index is 363. The number of rotatable bonds is 4. The Labute approximate surface area is 110 Å². The van der Waals surface area contributed by atoms with Crippen molar-refractivity contribution < 1.29 is 0 Å². The van der Waals surface area contributed by atoms with Gasteiger partial charge < -0.3 is 15.5 Å². The first-order valence-electron chi connectivity index (χ1n) is 6.74. The van der Waals surface area contributed by atoms with Crippen LogP contribution in [0.2, 0.25) is 0 Å². The molecule has 2 heterocycles. The second-order valence-electron chi connectivity index (χ2n) is 5.37. The lowest BCUT2D eigenvalue weighted by Crippen LogP contribution is -2.45. The monoisotopic (exact) mass is 248 g/mol. The van der Waals surface area contributed by atoms with Crippen molar-refractivity contribution in [3.05, 3.63) is 24.0 Å². The fourth-order valence-electron chi connectivity index (χ4n) is 2.56. The molecule has 1 unspecified atom stereocenters. The van der Waals surface area contributed by atoms with Crippen molar-refractivity contribution >= 4 is 5.69 Å². The molecule has 1 fully saturated rings. The largest absolute Gasteiger partial charge is 0.397 e. The Kier molecular flexibility index (Phi) is 4.55. The highest BCUT2D eigenvalue weighted by Crippen LogP contribution is 2.13. The fourth-order valence-corrected chi connectivity index (χ4v) is 2.56. The molecule has 0 radical (unpaired) electrons. The van der Waals surface area contributed by atoms with Gasteiger partial charge in [-0.05, 0) is 45.6 Å². The molecule has 0 aliphatic carbocycles. The number of nitrogens with two attached hydrogens (primary N) is 1. The van der Waals surface area contributed by atoms with Crippen molar-refractivity contribution in [2.45, 2.75) is 25.3 Å². The summed E-state index contributed by atoms with van der Waals surface area (Å²) in [7, 11) is 4.43. The van der Waals surface area contributed by atoms with Gasteiger partial charge in [0.2, 0.25) is 0 Å². The second kappa shape index (κ2) is 6.16. The van der Waals surface area contributed by atoms with E-state index >= 15 is 0 Å². The number of nitrogen functional groups attached to an aromatic ring is 1. The summed E-state index contributed by atoms with van der Waals surface area (Å²) >= 11 is 0. The molecule has 0 aromatic carbocycles. The van der Waals surface area contributed by atoms with Crippen LogP contribution < -0.4 is 5.73 Å². The minimum absolute atomic E-state index is 0.692. The molecule has 4 heteroatoms. The average Bonchev–Trinajstić information content (AvgIpc) is 2.38. The van der Waals surface area contributed by atoms with E-state index in [9.17, 15) is 0 Å². The van der Waals surface area contributed by atoms with Gasteiger partial charge in [-0.25, -0.2) is 0 Å². The summed E-state index contributed by atoms with van der Waals surface area (Å²) in [5.41, 5.74) is 7.50. The summed E-state index contributed by atoms with van der Waals surface area (Å²) < 4.78 is 0. The lowest BCUT2D eigenvalue weighted by Gasteiger charge is -2.35. The molecule has 0 saturated carbocycles. The molecule has 1 aliphatic rings. The van der Waals surface area contributed by atoms with Crippen LogP contribution in [0.15, 0.2) is 18.3 Å². The molecule has 2 N–H and O–H groups in total. The third kappa shape index (κ3) is 3.68. The maximum Gasteiger partial charge on any atom is 0.0501 e. The van der Waals surface area contributed by atoms with Crippen LogP contribution in [0.5, 0.6) is 0 Å². The smallest absolute Gasteiger partial charge is 0.0501 e. The van der Waals surface area contributed by atoms with E-state index in [-0.39, 0.29) is 0 Å². The van der Waals surface area contributed by atoms with Crippen LogP contribution in [-0.2, 0) is 6.42 Å². The lowest BCUT2D eigenvalue weighted by atomic mass is 10.0. The Hall–Kier alpha value is -1.13. The van der Waals surface area contributed by atoms with E-state index in [1.165, 1.54) is 25.9 Å². The minimum atomic E-state index is 0.692. The standard InChI is InChI=1S/C14H24N4/c1-17-8-3-4-14(11-17)18(2)9-7-13-6-5-12(15)10-16-13/h5-6,10,14H,3-4,7-9,11,15H2,1-2H3. The van der Waals surface area contributed by atoms with Crippen LogP contribution >= 0.6 is 0 Å². The van der Waals surface area contributed by atoms with Gasteiger partial charge in [-0.2, -0.15) is 0 Å². The Morgan fingerprint density at radius 1 is 1.50 bits per heavy atom. The Morgan fingerprint density at radius 2 is 2.33 bits per heavy atom. The number of pyridine rings is 1. The first-order valence-corrected chi connectivity index (χ1v) is 6.74. The van der Waals surface area contributed by atoms with E-state index in [0.717, 1.165) is 24.3 Å². The minimum Gasteiger partial charge on any atom is -0.397 e. The van der Waals surface area contributed by atoms with Gasteiger partial charge in [0.15, 0.2) is 0 Å². The van der Waals surface area contributed by atoms with Crippen LogP contribution in [0.3, 0.4) is 0 Å². The molecule has 1 aromatic heterocycles. The maximum absolute atomic E-state index is 5.64. The molecule has 18 heavy (non-hydrogen) atoms. The van der Waals surface area contributed by atoms with Gasteiger partial charge in [-0.15, -0.1) is 0 Å². The van der Waals surface area contributed by atoms with E-state index in [0.29, 0.717) is 6.04 Å². The molecule has 0 amide bonds. The third-order valence-corrected chi connectivity index (χ3v) is 3.79. The summed E-state index contributed by atoms with van der Waals surface area (Å²) in [6.45, 7) is 3.49. The molecule has 2 rings (SSSR count). The molecule has 100 valence electrons. The van der Waals surface area contributed by atoms with Gasteiger partial charge in [0.05, 0.1) is 11.9 Å². The van der Waals surface area contributed by atoms with E-state index in [2.05, 4.69) is 28.9 Å². The summed E-state index contributed by atoms with van der Waals surface area (Å²) in [5, 5.41) is 0. The van der Waals surface area contributed by atoms with Crippen molar-refractivity contribution in [3.63, 3.8) is 0 Å². The number of likely N-dealkylation sites (tertiary alicyclic amines) is 1. The van der Waals surface area contributed by atoms with Gasteiger partial charge in [0.1, 0.15) is 0 Å². The van der Waals surface area contributed by atoms with Gasteiger partial charge in [-0.1, -0.05) is 0 Å². The number of aromatic nitrogens is 1. The van der Waals surface area contributed by atoms with Gasteiger partial charge >= 0.3 is 0 Å². The van der Waals surface area contributed by atoms with Crippen LogP contribution in [0.25, 0.3) is 0 Å². The topological polar surface area (TPSA) is 45.4 Å². The van der Waals surface area contributed by atoms with E-state index < -0.39 is 0 Å². The Morgan fingerprint density at radius 3 is 3.00 bits per heavy atom. The number of hydrogen-bond donors (Lipinski definition) is 1. The van der Waals surface area contributed by atoms with Gasteiger partial charge in [-0.3, -0.25) is 4.98 Å². The first kappa shape index (κ1) is 13.3. The highest BCUT2D eigenvalue weighted by molar-refractivity contribution is 5.34. The Balaban J connectivity index is 1.80. The normalized spacial score (nSPS) is 21.4. The number of anilines is 1. The highest BCUT2D eigenvalue weighted by atomic mass is 15.2. The summed E-state index contributed by atoms with van der Waals surface area (Å²) in [4.78, 5) is 9.24. The maximum atomic E-state index is 5.64. The summed E-state index contributed by atoms with van der Waals surface area (Å²) in [5.74, 6) is 0. The lowest BCUT2D eigenvalue weighted by molar-refractivity contribution is 0.135. The van der Waals surface area contributed by atoms with E-state index in [1.807, 2.05) is 12.1 Å². The van der Waals surface area contributed by atoms with Crippen LogP contribution in [-0.4, -0.2) is 54.6 Å². The van der Waals surface area contributed by atoms with Crippen molar-refractivity contribution in [2.24, 2.45) is 0 Å². The summed E-state index contributed by atoms with van der Waals surface area (Å²) in [6, 6.07) is 4.64. The molecule has 0 bridgehead atoms. The second-order valence-corrected chi connectivity index (χ2v) is 5.37. The van der Waals surface area contributed by atoms with Gasteiger partial charge in [0.25, 0.3) is 0 Å². The number of hydrogen-bond acceptors (Lipinski definition) is 4. The molecular weight excluding hydrogens is 224 g/mol. The molecule has 1 aromatic rings. The quantitative estimate of drug-likeness (QED) is 0.870. The van der Waals surface area contributed by atoms with Crippen LogP contribution in [0.4, 0.5) is 5.69 Å². The first-order chi connectivity index (χ1) is 8.65. The zero-order valence-electron chi connectivity index (χ0n) is 11.5. The molecule has 1 saturated heterocycles. The molecule has 1 atom stereocenters. The average molecular weight is 248 g/mol. The van der Waals surface area contributed by atoms with Crippen molar-refractivity contribution in [2.75, 3.05) is 39.5 Å². The third-order valence-electron chi connectivity index (χ3n) is 3.79. The van der Waals surface area contributed by atoms with Crippen molar-refractivity contribution in [1.82, 2.24) is 14.8 Å². The van der Waals surface area contributed by atoms with Crippen LogP contribution in [0.1, 0.15) is 18.5 Å². The van der Waals surface area contributed by atoms with Crippen molar-refractivity contribution in [3.8, 4) is 0 Å². The number of piperidine rings is 1. The van der Waals surface area contributed by atoms with E-state index in [4.69, 9.17) is 5.73 Å². The molecule has 1 aliphatic heterocycles. The predicted octanol–water partition coefficient (Wildman–Crippen LogP) is 1.23. The van der Waals surface area contributed by atoms with Crippen molar-refractivity contribution in [1.29, 1.82) is 0 Å². The molecule has 4 nitrogen and oxygen atoms in total. The molecular formula is C14H24N4. The zero-order valence-corrected chi connectivity index (χ0v) is 11.5. The fraction of sp³-hybridized carbons (Fsp3) is 0.643. The van der Waals surface area contributed by atoms with Gasteiger partial charge in [0, 0.05) is 31.2 Å². The number of nitrogens with zero attached hydrogens (tertiary/aromatic N) is 3. The molecule has 0 spiro atoms.